The molecule has 0 fully saturated rings. The SMILES string of the molecule is CN(C)CCC(C(=O)O)c1ccc2c(c1)CCC2. The van der Waals surface area contributed by atoms with Crippen LogP contribution in [0.3, 0.4) is 0 Å². The average molecular weight is 247 g/mol. The van der Waals surface area contributed by atoms with Gasteiger partial charge in [-0.3, -0.25) is 4.79 Å². The average Bonchev–Trinajstić information content (AvgIpc) is 2.75. The van der Waals surface area contributed by atoms with E-state index < -0.39 is 5.97 Å². The molecule has 1 aliphatic rings. The van der Waals surface area contributed by atoms with Gasteiger partial charge < -0.3 is 10.0 Å². The van der Waals surface area contributed by atoms with Crippen LogP contribution in [0.25, 0.3) is 0 Å². The van der Waals surface area contributed by atoms with Crippen molar-refractivity contribution in [2.45, 2.75) is 31.6 Å². The third-order valence-electron chi connectivity index (χ3n) is 3.69. The zero-order valence-corrected chi connectivity index (χ0v) is 11.1. The molecule has 1 aliphatic carbocycles. The van der Waals surface area contributed by atoms with E-state index in [0.717, 1.165) is 24.9 Å². The van der Waals surface area contributed by atoms with Gasteiger partial charge in [0.05, 0.1) is 5.92 Å². The van der Waals surface area contributed by atoms with E-state index in [0.29, 0.717) is 6.42 Å². The van der Waals surface area contributed by atoms with Crippen LogP contribution >= 0.6 is 0 Å². The number of benzene rings is 1. The van der Waals surface area contributed by atoms with Crippen molar-refractivity contribution in [1.29, 1.82) is 0 Å². The number of carboxylic acid groups (broad SMARTS) is 1. The number of nitrogens with zero attached hydrogens (tertiary/aromatic N) is 1. The third kappa shape index (κ3) is 2.91. The highest BCUT2D eigenvalue weighted by Gasteiger charge is 2.21. The van der Waals surface area contributed by atoms with Crippen molar-refractivity contribution < 1.29 is 9.90 Å². The smallest absolute Gasteiger partial charge is 0.311 e. The quantitative estimate of drug-likeness (QED) is 0.868. The number of carboxylic acids is 1. The van der Waals surface area contributed by atoms with Crippen LogP contribution in [-0.4, -0.2) is 36.6 Å². The third-order valence-corrected chi connectivity index (χ3v) is 3.69. The molecule has 18 heavy (non-hydrogen) atoms. The van der Waals surface area contributed by atoms with Gasteiger partial charge in [0.1, 0.15) is 0 Å². The molecule has 3 heteroatoms. The van der Waals surface area contributed by atoms with Crippen LogP contribution in [0, 0.1) is 0 Å². The number of rotatable bonds is 5. The van der Waals surface area contributed by atoms with Gasteiger partial charge >= 0.3 is 5.97 Å². The van der Waals surface area contributed by atoms with Crippen LogP contribution in [0.4, 0.5) is 0 Å². The first-order valence-electron chi connectivity index (χ1n) is 6.57. The highest BCUT2D eigenvalue weighted by atomic mass is 16.4. The van der Waals surface area contributed by atoms with Gasteiger partial charge in [0.15, 0.2) is 0 Å². The van der Waals surface area contributed by atoms with Crippen LogP contribution in [0.15, 0.2) is 18.2 Å². The maximum atomic E-state index is 11.4. The molecular formula is C15H21NO2. The zero-order valence-electron chi connectivity index (χ0n) is 11.1. The van der Waals surface area contributed by atoms with Crippen LogP contribution in [0.2, 0.25) is 0 Å². The first-order valence-corrected chi connectivity index (χ1v) is 6.57. The van der Waals surface area contributed by atoms with E-state index in [-0.39, 0.29) is 5.92 Å². The molecule has 1 N–H and O–H groups in total. The Morgan fingerprint density at radius 2 is 2.06 bits per heavy atom. The molecule has 0 saturated carbocycles. The van der Waals surface area contributed by atoms with Gasteiger partial charge in [-0.05, 0) is 63.0 Å². The van der Waals surface area contributed by atoms with E-state index in [1.165, 1.54) is 17.5 Å². The molecule has 98 valence electrons. The van der Waals surface area contributed by atoms with E-state index >= 15 is 0 Å². The van der Waals surface area contributed by atoms with Crippen molar-refractivity contribution in [3.05, 3.63) is 34.9 Å². The van der Waals surface area contributed by atoms with Crippen LogP contribution in [-0.2, 0) is 17.6 Å². The van der Waals surface area contributed by atoms with Crippen LogP contribution in [0.1, 0.15) is 35.4 Å². The van der Waals surface area contributed by atoms with Gasteiger partial charge in [0, 0.05) is 0 Å². The van der Waals surface area contributed by atoms with Crippen molar-refractivity contribution in [3.8, 4) is 0 Å². The second kappa shape index (κ2) is 5.53. The molecule has 0 heterocycles. The Hall–Kier alpha value is -1.35. The van der Waals surface area contributed by atoms with Gasteiger partial charge in [0.25, 0.3) is 0 Å². The Labute approximate surface area is 108 Å². The predicted octanol–water partition coefficient (Wildman–Crippen LogP) is 2.30. The van der Waals surface area contributed by atoms with Crippen LogP contribution < -0.4 is 0 Å². The summed E-state index contributed by atoms with van der Waals surface area (Å²) in [5.74, 6) is -1.09. The Balaban J connectivity index is 2.17. The second-order valence-corrected chi connectivity index (χ2v) is 5.36. The molecule has 1 unspecified atom stereocenters. The van der Waals surface area contributed by atoms with Crippen molar-refractivity contribution in [3.63, 3.8) is 0 Å². The Bertz CT molecular complexity index is 440. The molecule has 0 aliphatic heterocycles. The fourth-order valence-corrected chi connectivity index (χ4v) is 2.63. The maximum absolute atomic E-state index is 11.4. The first kappa shape index (κ1) is 13.1. The van der Waals surface area contributed by atoms with E-state index in [1.807, 2.05) is 25.1 Å². The molecule has 3 nitrogen and oxygen atoms in total. The fourth-order valence-electron chi connectivity index (χ4n) is 2.63. The molecule has 0 spiro atoms. The van der Waals surface area contributed by atoms with Crippen molar-refractivity contribution in [1.82, 2.24) is 4.90 Å². The Morgan fingerprint density at radius 1 is 1.33 bits per heavy atom. The lowest BCUT2D eigenvalue weighted by molar-refractivity contribution is -0.139. The van der Waals surface area contributed by atoms with Crippen molar-refractivity contribution in [2.24, 2.45) is 0 Å². The zero-order chi connectivity index (χ0) is 13.1. The normalized spacial score (nSPS) is 15.7. The van der Waals surface area contributed by atoms with Gasteiger partial charge in [-0.25, -0.2) is 0 Å². The highest BCUT2D eigenvalue weighted by molar-refractivity contribution is 5.76. The summed E-state index contributed by atoms with van der Waals surface area (Å²) in [4.78, 5) is 13.4. The summed E-state index contributed by atoms with van der Waals surface area (Å²) in [6, 6.07) is 6.22. The number of fused-ring (bicyclic) bond motifs is 1. The number of carbonyl (C=O) groups is 1. The molecule has 1 aromatic carbocycles. The molecule has 0 amide bonds. The van der Waals surface area contributed by atoms with E-state index in [4.69, 9.17) is 0 Å². The summed E-state index contributed by atoms with van der Waals surface area (Å²) >= 11 is 0. The minimum atomic E-state index is -0.713. The lowest BCUT2D eigenvalue weighted by Crippen LogP contribution is -2.20. The fraction of sp³-hybridized carbons (Fsp3) is 0.533. The summed E-state index contributed by atoms with van der Waals surface area (Å²) < 4.78 is 0. The number of hydrogen-bond acceptors (Lipinski definition) is 2. The molecule has 1 atom stereocenters. The largest absolute Gasteiger partial charge is 0.481 e. The molecular weight excluding hydrogens is 226 g/mol. The minimum Gasteiger partial charge on any atom is -0.481 e. The maximum Gasteiger partial charge on any atom is 0.311 e. The van der Waals surface area contributed by atoms with Gasteiger partial charge in [-0.1, -0.05) is 18.2 Å². The second-order valence-electron chi connectivity index (χ2n) is 5.36. The van der Waals surface area contributed by atoms with Crippen LogP contribution in [0.5, 0.6) is 0 Å². The lowest BCUT2D eigenvalue weighted by Gasteiger charge is -2.17. The Morgan fingerprint density at radius 3 is 2.72 bits per heavy atom. The molecule has 1 aromatic rings. The topological polar surface area (TPSA) is 40.5 Å². The number of hydrogen-bond donors (Lipinski definition) is 1. The molecule has 0 aromatic heterocycles. The van der Waals surface area contributed by atoms with Gasteiger partial charge in [-0.2, -0.15) is 0 Å². The summed E-state index contributed by atoms with van der Waals surface area (Å²) in [7, 11) is 3.95. The summed E-state index contributed by atoms with van der Waals surface area (Å²) in [6.07, 6.45) is 4.11. The van der Waals surface area contributed by atoms with E-state index in [9.17, 15) is 9.90 Å². The summed E-state index contributed by atoms with van der Waals surface area (Å²) in [6.45, 7) is 0.800. The van der Waals surface area contributed by atoms with E-state index in [1.54, 1.807) is 0 Å². The number of aryl methyl sites for hydroxylation is 2. The standard InChI is InChI=1S/C15H21NO2/c1-16(2)9-8-14(15(17)18)13-7-6-11-4-3-5-12(11)10-13/h6-7,10,14H,3-5,8-9H2,1-2H3,(H,17,18). The lowest BCUT2D eigenvalue weighted by atomic mass is 9.93. The molecule has 0 radical (unpaired) electrons. The highest BCUT2D eigenvalue weighted by Crippen LogP contribution is 2.28. The monoisotopic (exact) mass is 247 g/mol. The number of aliphatic carboxylic acids is 1. The first-order chi connectivity index (χ1) is 8.58. The molecule has 0 saturated heterocycles. The predicted molar refractivity (Wildman–Crippen MR) is 72.0 cm³/mol. The molecule has 0 bridgehead atoms. The summed E-state index contributed by atoms with van der Waals surface area (Å²) in [5, 5.41) is 9.37. The van der Waals surface area contributed by atoms with Gasteiger partial charge in [0.2, 0.25) is 0 Å². The minimum absolute atomic E-state index is 0.377. The molecule has 2 rings (SSSR count). The van der Waals surface area contributed by atoms with Crippen molar-refractivity contribution in [2.75, 3.05) is 20.6 Å². The van der Waals surface area contributed by atoms with E-state index in [2.05, 4.69) is 12.1 Å². The van der Waals surface area contributed by atoms with Crippen molar-refractivity contribution >= 4 is 5.97 Å². The Kier molecular flexibility index (Phi) is 4.02. The van der Waals surface area contributed by atoms with Gasteiger partial charge in [-0.15, -0.1) is 0 Å². The summed E-state index contributed by atoms with van der Waals surface area (Å²) in [5.41, 5.74) is 3.71.